The number of piperazine rings is 1. The molecule has 1 saturated heterocycles. The summed E-state index contributed by atoms with van der Waals surface area (Å²) >= 11 is 0. The number of nitrogens with one attached hydrogen (secondary N) is 1. The van der Waals surface area contributed by atoms with Gasteiger partial charge in [0.05, 0.1) is 10.9 Å². The minimum Gasteiger partial charge on any atom is -0.336 e. The van der Waals surface area contributed by atoms with Gasteiger partial charge in [-0.1, -0.05) is 45.1 Å². The molecule has 176 valence electrons. The van der Waals surface area contributed by atoms with E-state index in [9.17, 15) is 9.59 Å². The van der Waals surface area contributed by atoms with Crippen LogP contribution in [0.25, 0.3) is 16.7 Å². The van der Waals surface area contributed by atoms with E-state index in [-0.39, 0.29) is 22.5 Å². The van der Waals surface area contributed by atoms with E-state index in [1.165, 1.54) is 23.7 Å². The number of carbonyl (C=O) groups excluding carboxylic acids is 1. The molecule has 33 heavy (non-hydrogen) atoms. The molecule has 0 unspecified atom stereocenters. The zero-order valence-corrected chi connectivity index (χ0v) is 19.7. The Morgan fingerprint density at radius 3 is 2.55 bits per heavy atom. The Bertz CT molecular complexity index is 1250. The van der Waals surface area contributed by atoms with E-state index in [0.717, 1.165) is 32.4 Å². The van der Waals surface area contributed by atoms with Crippen LogP contribution in [0.3, 0.4) is 0 Å². The molecule has 1 amide bonds. The summed E-state index contributed by atoms with van der Waals surface area (Å²) in [5.74, 6) is -0.177. The highest BCUT2D eigenvalue weighted by atomic mass is 16.2. The third-order valence-corrected chi connectivity index (χ3v) is 6.57. The van der Waals surface area contributed by atoms with Crippen LogP contribution in [0, 0.1) is 5.41 Å². The van der Waals surface area contributed by atoms with Gasteiger partial charge in [-0.2, -0.15) is 0 Å². The molecule has 0 aliphatic carbocycles. The van der Waals surface area contributed by atoms with Gasteiger partial charge in [-0.25, -0.2) is 4.98 Å². The number of hydrogen-bond acceptors (Lipinski definition) is 5. The van der Waals surface area contributed by atoms with Crippen molar-refractivity contribution in [3.05, 3.63) is 51.9 Å². The van der Waals surface area contributed by atoms with Crippen LogP contribution in [0.2, 0.25) is 0 Å². The van der Waals surface area contributed by atoms with Gasteiger partial charge in [0.15, 0.2) is 0 Å². The molecule has 0 saturated carbocycles. The van der Waals surface area contributed by atoms with Crippen LogP contribution in [0.1, 0.15) is 55.8 Å². The molecule has 0 radical (unpaired) electrons. The molecule has 0 bridgehead atoms. The zero-order chi connectivity index (χ0) is 23.4. The van der Waals surface area contributed by atoms with Gasteiger partial charge in [0, 0.05) is 38.9 Å². The number of likely N-dealkylation sites (N-methyl/N-ethyl adjacent to an activating group) is 1. The van der Waals surface area contributed by atoms with Crippen LogP contribution in [0.15, 0.2) is 35.3 Å². The van der Waals surface area contributed by atoms with Crippen molar-refractivity contribution in [1.82, 2.24) is 23.8 Å². The quantitative estimate of drug-likeness (QED) is 0.422. The molecule has 4 rings (SSSR count). The van der Waals surface area contributed by atoms with Crippen LogP contribution in [-0.4, -0.2) is 62.9 Å². The van der Waals surface area contributed by atoms with Crippen molar-refractivity contribution in [3.63, 3.8) is 0 Å². The van der Waals surface area contributed by atoms with E-state index in [2.05, 4.69) is 11.8 Å². The highest BCUT2D eigenvalue weighted by Crippen LogP contribution is 2.14. The fourth-order valence-corrected chi connectivity index (χ4v) is 4.50. The Morgan fingerprint density at radius 1 is 1.06 bits per heavy atom. The van der Waals surface area contributed by atoms with Gasteiger partial charge in [0.2, 0.25) is 0 Å². The largest absolute Gasteiger partial charge is 0.336 e. The van der Waals surface area contributed by atoms with Crippen molar-refractivity contribution in [3.8, 4) is 0 Å². The standard InChI is InChI=1S/C25H34N6O2/c1-3-4-5-6-7-9-13-31-22(26)19(24(32)29-16-14-28(2)15-17-29)18-20-23(31)27-21-11-8-10-12-30(21)25(20)33/h8,10-12,18,26H,3-7,9,13-17H2,1-2H3. The number of nitrogens with zero attached hydrogens (tertiary/aromatic N) is 5. The first-order chi connectivity index (χ1) is 16.0. The van der Waals surface area contributed by atoms with Crippen molar-refractivity contribution in [1.29, 1.82) is 5.41 Å². The lowest BCUT2D eigenvalue weighted by Crippen LogP contribution is -2.48. The predicted molar refractivity (Wildman–Crippen MR) is 130 cm³/mol. The van der Waals surface area contributed by atoms with Gasteiger partial charge in [-0.05, 0) is 31.7 Å². The number of aromatic nitrogens is 3. The second-order valence-corrected chi connectivity index (χ2v) is 9.00. The Labute approximate surface area is 194 Å². The zero-order valence-electron chi connectivity index (χ0n) is 19.7. The second kappa shape index (κ2) is 10.3. The third-order valence-electron chi connectivity index (χ3n) is 6.57. The Hall–Kier alpha value is -3.00. The van der Waals surface area contributed by atoms with Crippen molar-refractivity contribution in [2.75, 3.05) is 33.2 Å². The highest BCUT2D eigenvalue weighted by molar-refractivity contribution is 5.97. The van der Waals surface area contributed by atoms with E-state index in [1.54, 1.807) is 33.9 Å². The fraction of sp³-hybridized carbons (Fsp3) is 0.520. The normalized spacial score (nSPS) is 14.9. The van der Waals surface area contributed by atoms with Gasteiger partial charge in [-0.15, -0.1) is 0 Å². The molecule has 3 aromatic rings. The van der Waals surface area contributed by atoms with E-state index in [0.29, 0.717) is 36.3 Å². The van der Waals surface area contributed by atoms with Crippen molar-refractivity contribution < 1.29 is 4.79 Å². The number of aryl methyl sites for hydroxylation is 1. The summed E-state index contributed by atoms with van der Waals surface area (Å²) in [6, 6.07) is 7.02. The molecule has 1 fully saturated rings. The SMILES string of the molecule is CCCCCCCCn1c(=N)c(C(=O)N2CCN(C)CC2)cc2c(=O)n3ccccc3nc21. The van der Waals surface area contributed by atoms with Crippen LogP contribution in [-0.2, 0) is 6.54 Å². The molecule has 0 atom stereocenters. The summed E-state index contributed by atoms with van der Waals surface area (Å²) in [7, 11) is 2.04. The van der Waals surface area contributed by atoms with Gasteiger partial charge in [-0.3, -0.25) is 19.4 Å². The van der Waals surface area contributed by atoms with Crippen LogP contribution >= 0.6 is 0 Å². The number of carbonyl (C=O) groups is 1. The predicted octanol–water partition coefficient (Wildman–Crippen LogP) is 2.88. The topological polar surface area (TPSA) is 86.7 Å². The first-order valence-electron chi connectivity index (χ1n) is 12.1. The van der Waals surface area contributed by atoms with Gasteiger partial charge in [0.1, 0.15) is 16.8 Å². The maximum Gasteiger partial charge on any atom is 0.267 e. The summed E-state index contributed by atoms with van der Waals surface area (Å²) in [5, 5.41) is 9.29. The molecule has 0 spiro atoms. The maximum atomic E-state index is 13.4. The summed E-state index contributed by atoms with van der Waals surface area (Å²) in [5.41, 5.74) is 1.25. The van der Waals surface area contributed by atoms with E-state index in [4.69, 9.17) is 10.4 Å². The van der Waals surface area contributed by atoms with Gasteiger partial charge >= 0.3 is 0 Å². The van der Waals surface area contributed by atoms with Crippen LogP contribution < -0.4 is 11.0 Å². The average molecular weight is 451 g/mol. The number of amides is 1. The molecule has 1 N–H and O–H groups in total. The number of fused-ring (bicyclic) bond motifs is 2. The second-order valence-electron chi connectivity index (χ2n) is 9.00. The van der Waals surface area contributed by atoms with E-state index >= 15 is 0 Å². The molecule has 8 nitrogen and oxygen atoms in total. The van der Waals surface area contributed by atoms with Gasteiger partial charge < -0.3 is 14.4 Å². The number of unbranched alkanes of at least 4 members (excludes halogenated alkanes) is 5. The van der Waals surface area contributed by atoms with Crippen LogP contribution in [0.4, 0.5) is 0 Å². The maximum absolute atomic E-state index is 13.4. The molecule has 1 aliphatic heterocycles. The minimum atomic E-state index is -0.209. The molecular weight excluding hydrogens is 416 g/mol. The first kappa shape index (κ1) is 23.2. The summed E-state index contributed by atoms with van der Waals surface area (Å²) < 4.78 is 3.28. The Balaban J connectivity index is 1.76. The lowest BCUT2D eigenvalue weighted by molar-refractivity contribution is 0.0661. The average Bonchev–Trinajstić information content (AvgIpc) is 2.82. The van der Waals surface area contributed by atoms with Crippen molar-refractivity contribution >= 4 is 22.6 Å². The number of hydrogen-bond donors (Lipinski definition) is 1. The van der Waals surface area contributed by atoms with E-state index in [1.807, 2.05) is 13.1 Å². The minimum absolute atomic E-state index is 0.146. The fourth-order valence-electron chi connectivity index (χ4n) is 4.50. The van der Waals surface area contributed by atoms with Crippen LogP contribution in [0.5, 0.6) is 0 Å². The molecule has 8 heteroatoms. The number of rotatable bonds is 8. The number of pyridine rings is 2. The first-order valence-corrected chi connectivity index (χ1v) is 12.1. The smallest absolute Gasteiger partial charge is 0.267 e. The Morgan fingerprint density at radius 2 is 1.79 bits per heavy atom. The van der Waals surface area contributed by atoms with Gasteiger partial charge in [0.25, 0.3) is 11.5 Å². The molecule has 0 aromatic carbocycles. The summed E-state index contributed by atoms with van der Waals surface area (Å²) in [6.07, 6.45) is 8.43. The summed E-state index contributed by atoms with van der Waals surface area (Å²) in [6.45, 7) is 5.63. The summed E-state index contributed by atoms with van der Waals surface area (Å²) in [4.78, 5) is 35.4. The molecule has 4 heterocycles. The lowest BCUT2D eigenvalue weighted by atomic mass is 10.1. The Kier molecular flexibility index (Phi) is 7.23. The third kappa shape index (κ3) is 4.85. The monoisotopic (exact) mass is 450 g/mol. The molecule has 1 aliphatic rings. The highest BCUT2D eigenvalue weighted by Gasteiger charge is 2.24. The molecule has 3 aromatic heterocycles. The molecular formula is C25H34N6O2. The van der Waals surface area contributed by atoms with Crippen molar-refractivity contribution in [2.45, 2.75) is 52.0 Å². The van der Waals surface area contributed by atoms with E-state index < -0.39 is 0 Å². The van der Waals surface area contributed by atoms with Crippen molar-refractivity contribution in [2.24, 2.45) is 0 Å². The lowest BCUT2D eigenvalue weighted by Gasteiger charge is -2.32.